The van der Waals surface area contributed by atoms with E-state index in [1.807, 2.05) is 23.7 Å². The van der Waals surface area contributed by atoms with Crippen molar-refractivity contribution in [2.45, 2.75) is 57.0 Å². The first-order valence-corrected chi connectivity index (χ1v) is 10.5. The molecule has 0 amide bonds. The summed E-state index contributed by atoms with van der Waals surface area (Å²) in [6, 6.07) is 8.04. The zero-order chi connectivity index (χ0) is 17.5. The van der Waals surface area contributed by atoms with Crippen LogP contribution in [0.3, 0.4) is 0 Å². The van der Waals surface area contributed by atoms with Crippen LogP contribution in [0.1, 0.15) is 50.0 Å². The second-order valence-corrected chi connectivity index (χ2v) is 8.83. The van der Waals surface area contributed by atoms with E-state index in [1.165, 1.54) is 53.9 Å². The van der Waals surface area contributed by atoms with Crippen molar-refractivity contribution in [1.82, 2.24) is 19.9 Å². The molecule has 1 aromatic carbocycles. The minimum absolute atomic E-state index is 0.648. The van der Waals surface area contributed by atoms with Crippen molar-refractivity contribution in [3.8, 4) is 11.1 Å². The molecule has 3 aromatic rings. The van der Waals surface area contributed by atoms with Crippen molar-refractivity contribution in [2.24, 2.45) is 0 Å². The van der Waals surface area contributed by atoms with Crippen molar-refractivity contribution in [3.63, 3.8) is 0 Å². The molecule has 134 valence electrons. The Morgan fingerprint density at radius 2 is 1.92 bits per heavy atom. The topological polar surface area (TPSA) is 41.9 Å². The van der Waals surface area contributed by atoms with Gasteiger partial charge >= 0.3 is 0 Å². The molecule has 5 heteroatoms. The quantitative estimate of drug-likeness (QED) is 0.665. The lowest BCUT2D eigenvalue weighted by molar-refractivity contribution is 0.0480. The Balaban J connectivity index is 1.33. The molecule has 0 spiro atoms. The second-order valence-electron chi connectivity index (χ2n) is 7.77. The van der Waals surface area contributed by atoms with Gasteiger partial charge in [0.2, 0.25) is 0 Å². The molecular weight excluding hydrogens is 340 g/mol. The fourth-order valence-electron chi connectivity index (χ4n) is 4.47. The molecule has 2 fully saturated rings. The van der Waals surface area contributed by atoms with E-state index in [0.717, 1.165) is 23.2 Å². The third kappa shape index (κ3) is 2.93. The summed E-state index contributed by atoms with van der Waals surface area (Å²) < 4.78 is 1.27. The first-order valence-electron chi connectivity index (χ1n) is 9.69. The molecule has 2 aliphatic rings. The van der Waals surface area contributed by atoms with Crippen LogP contribution in [-0.4, -0.2) is 38.5 Å². The zero-order valence-corrected chi connectivity index (χ0v) is 16.0. The number of hydrogen-bond donors (Lipinski definition) is 0. The molecule has 3 heterocycles. The summed E-state index contributed by atoms with van der Waals surface area (Å²) in [4.78, 5) is 15.9. The Labute approximate surface area is 158 Å². The summed E-state index contributed by atoms with van der Waals surface area (Å²) in [5.41, 5.74) is 3.36. The minimum atomic E-state index is 0.648. The van der Waals surface area contributed by atoms with E-state index in [4.69, 9.17) is 4.98 Å². The number of benzene rings is 1. The van der Waals surface area contributed by atoms with Crippen LogP contribution in [0.5, 0.6) is 0 Å². The Hall–Kier alpha value is -1.85. The summed E-state index contributed by atoms with van der Waals surface area (Å²) >= 11 is 1.87. The number of aromatic nitrogens is 3. The molecule has 1 saturated heterocycles. The third-order valence-corrected chi connectivity index (χ3v) is 7.27. The first kappa shape index (κ1) is 16.3. The van der Waals surface area contributed by atoms with Crippen molar-refractivity contribution in [3.05, 3.63) is 41.9 Å². The molecule has 0 unspecified atom stereocenters. The van der Waals surface area contributed by atoms with E-state index in [-0.39, 0.29) is 0 Å². The maximum absolute atomic E-state index is 4.94. The van der Waals surface area contributed by atoms with Gasteiger partial charge in [-0.15, -0.1) is 11.3 Å². The zero-order valence-electron chi connectivity index (χ0n) is 15.1. The lowest BCUT2D eigenvalue weighted by Crippen LogP contribution is -2.50. The smallest absolute Gasteiger partial charge is 0.115 e. The average molecular weight is 365 g/mol. The summed E-state index contributed by atoms with van der Waals surface area (Å²) in [5, 5.41) is 1.32. The van der Waals surface area contributed by atoms with Gasteiger partial charge in [0.25, 0.3) is 0 Å². The number of thiazole rings is 1. The largest absolute Gasteiger partial charge is 0.298 e. The summed E-state index contributed by atoms with van der Waals surface area (Å²) in [6.07, 6.45) is 12.0. The third-order valence-electron chi connectivity index (χ3n) is 6.08. The SMILES string of the molecule is C[C@H]1CCCCN1C1CC(c2nc3ccc(-c4cncnc4)cc3s2)C1. The Morgan fingerprint density at radius 1 is 1.08 bits per heavy atom. The van der Waals surface area contributed by atoms with Crippen LogP contribution >= 0.6 is 11.3 Å². The van der Waals surface area contributed by atoms with Crippen molar-refractivity contribution in [1.29, 1.82) is 0 Å². The van der Waals surface area contributed by atoms with Gasteiger partial charge in [-0.25, -0.2) is 15.0 Å². The van der Waals surface area contributed by atoms with E-state index < -0.39 is 0 Å². The lowest BCUT2D eigenvalue weighted by atomic mass is 9.78. The van der Waals surface area contributed by atoms with E-state index in [9.17, 15) is 0 Å². The highest BCUT2D eigenvalue weighted by Gasteiger charge is 2.38. The van der Waals surface area contributed by atoms with Crippen LogP contribution in [0.15, 0.2) is 36.9 Å². The van der Waals surface area contributed by atoms with Gasteiger partial charge in [0.1, 0.15) is 6.33 Å². The molecule has 0 bridgehead atoms. The molecular formula is C21H24N4S. The van der Waals surface area contributed by atoms with E-state index in [2.05, 4.69) is 40.0 Å². The van der Waals surface area contributed by atoms with Crippen molar-refractivity contribution in [2.75, 3.05) is 6.54 Å². The van der Waals surface area contributed by atoms with Gasteiger partial charge < -0.3 is 0 Å². The summed E-state index contributed by atoms with van der Waals surface area (Å²) in [6.45, 7) is 3.69. The van der Waals surface area contributed by atoms with Crippen LogP contribution in [0.25, 0.3) is 21.3 Å². The highest BCUT2D eigenvalue weighted by atomic mass is 32.1. The monoisotopic (exact) mass is 364 g/mol. The number of nitrogens with zero attached hydrogens (tertiary/aromatic N) is 4. The van der Waals surface area contributed by atoms with Crippen molar-refractivity contribution >= 4 is 21.6 Å². The molecule has 1 aliphatic heterocycles. The molecule has 4 nitrogen and oxygen atoms in total. The van der Waals surface area contributed by atoms with Crippen LogP contribution < -0.4 is 0 Å². The van der Waals surface area contributed by atoms with Gasteiger partial charge in [0.05, 0.1) is 15.2 Å². The second kappa shape index (κ2) is 6.71. The maximum Gasteiger partial charge on any atom is 0.115 e. The highest BCUT2D eigenvalue weighted by molar-refractivity contribution is 7.18. The van der Waals surface area contributed by atoms with E-state index in [0.29, 0.717) is 5.92 Å². The number of fused-ring (bicyclic) bond motifs is 1. The summed E-state index contributed by atoms with van der Waals surface area (Å²) in [7, 11) is 0. The molecule has 26 heavy (non-hydrogen) atoms. The van der Waals surface area contributed by atoms with Crippen LogP contribution in [0.2, 0.25) is 0 Å². The number of hydrogen-bond acceptors (Lipinski definition) is 5. The van der Waals surface area contributed by atoms with Gasteiger partial charge in [-0.05, 0) is 56.8 Å². The van der Waals surface area contributed by atoms with E-state index in [1.54, 1.807) is 6.33 Å². The lowest BCUT2D eigenvalue weighted by Gasteiger charge is -2.47. The number of likely N-dealkylation sites (tertiary alicyclic amines) is 1. The van der Waals surface area contributed by atoms with Gasteiger partial charge in [-0.1, -0.05) is 12.5 Å². The van der Waals surface area contributed by atoms with Gasteiger partial charge in [-0.2, -0.15) is 0 Å². The number of rotatable bonds is 3. The molecule has 0 radical (unpaired) electrons. The molecule has 0 N–H and O–H groups in total. The molecule has 5 rings (SSSR count). The Kier molecular flexibility index (Phi) is 4.21. The van der Waals surface area contributed by atoms with Crippen molar-refractivity contribution < 1.29 is 0 Å². The maximum atomic E-state index is 4.94. The molecule has 1 saturated carbocycles. The summed E-state index contributed by atoms with van der Waals surface area (Å²) in [5.74, 6) is 0.648. The molecule has 1 aliphatic carbocycles. The molecule has 1 atom stereocenters. The van der Waals surface area contributed by atoms with Gasteiger partial charge in [0.15, 0.2) is 0 Å². The predicted molar refractivity (Wildman–Crippen MR) is 106 cm³/mol. The Bertz CT molecular complexity index is 901. The standard InChI is InChI=1S/C21H24N4S/c1-14-4-2-3-7-25(14)18-8-16(9-18)21-24-19-6-5-15(10-20(19)26-21)17-11-22-13-23-12-17/h5-6,10-14,16,18H,2-4,7-9H2,1H3/t14-,16?,18?/m0/s1. The van der Waals surface area contributed by atoms with Gasteiger partial charge in [0, 0.05) is 36.0 Å². The normalized spacial score (nSPS) is 26.7. The first-order chi connectivity index (χ1) is 12.8. The number of piperidine rings is 1. The van der Waals surface area contributed by atoms with E-state index >= 15 is 0 Å². The highest BCUT2D eigenvalue weighted by Crippen LogP contribution is 2.44. The van der Waals surface area contributed by atoms with Gasteiger partial charge in [-0.3, -0.25) is 4.90 Å². The van der Waals surface area contributed by atoms with Crippen LogP contribution in [0, 0.1) is 0 Å². The van der Waals surface area contributed by atoms with Crippen LogP contribution in [-0.2, 0) is 0 Å². The van der Waals surface area contributed by atoms with Crippen LogP contribution in [0.4, 0.5) is 0 Å². The Morgan fingerprint density at radius 3 is 2.73 bits per heavy atom. The predicted octanol–water partition coefficient (Wildman–Crippen LogP) is 4.87. The molecule has 2 aromatic heterocycles. The minimum Gasteiger partial charge on any atom is -0.298 e. The fourth-order valence-corrected chi connectivity index (χ4v) is 5.60. The average Bonchev–Trinajstić information content (AvgIpc) is 3.05. The fraction of sp³-hybridized carbons (Fsp3) is 0.476.